The highest BCUT2D eigenvalue weighted by molar-refractivity contribution is 5.86. The Kier molecular flexibility index (Phi) is 5.31. The fourth-order valence-electron chi connectivity index (χ4n) is 3.87. The molecule has 2 N–H and O–H groups in total. The third kappa shape index (κ3) is 3.81. The van der Waals surface area contributed by atoms with Crippen LogP contribution < -0.4 is 15.7 Å². The molecule has 2 aromatic heterocycles. The predicted octanol–water partition coefficient (Wildman–Crippen LogP) is 3.88. The molecule has 6 heteroatoms. The summed E-state index contributed by atoms with van der Waals surface area (Å²) in [5.41, 5.74) is 3.31. The Morgan fingerprint density at radius 1 is 1.20 bits per heavy atom. The largest absolute Gasteiger partial charge is 0.497 e. The maximum Gasteiger partial charge on any atom is 0.340 e. The van der Waals surface area contributed by atoms with Crippen molar-refractivity contribution in [1.29, 1.82) is 0 Å². The highest BCUT2D eigenvalue weighted by Crippen LogP contribution is 2.24. The third-order valence-corrected chi connectivity index (χ3v) is 5.44. The van der Waals surface area contributed by atoms with Gasteiger partial charge in [-0.2, -0.15) is 0 Å². The first kappa shape index (κ1) is 19.8. The Morgan fingerprint density at radius 2 is 2.00 bits per heavy atom. The molecule has 0 fully saturated rings. The number of nitrogens with one attached hydrogen (secondary N) is 2. The van der Waals surface area contributed by atoms with Crippen LogP contribution in [-0.2, 0) is 17.6 Å². The van der Waals surface area contributed by atoms with E-state index in [0.29, 0.717) is 23.3 Å². The van der Waals surface area contributed by atoms with Gasteiger partial charge in [0.1, 0.15) is 11.3 Å². The molecule has 1 atom stereocenters. The molecule has 0 aliphatic carbocycles. The third-order valence-electron chi connectivity index (χ3n) is 5.44. The molecule has 0 saturated heterocycles. The Hall–Kier alpha value is -3.54. The van der Waals surface area contributed by atoms with Gasteiger partial charge in [-0.05, 0) is 49.6 Å². The lowest BCUT2D eigenvalue weighted by atomic mass is 10.0. The molecule has 0 aliphatic heterocycles. The lowest BCUT2D eigenvalue weighted by Crippen LogP contribution is -2.36. The molecule has 0 saturated carbocycles. The number of rotatable bonds is 6. The number of H-pyrrole nitrogens is 1. The summed E-state index contributed by atoms with van der Waals surface area (Å²) in [6.45, 7) is 3.80. The average molecular weight is 404 g/mol. The Balaban J connectivity index is 1.49. The number of carbonyl (C=O) groups excluding carboxylic acids is 1. The predicted molar refractivity (Wildman–Crippen MR) is 117 cm³/mol. The topological polar surface area (TPSA) is 84.3 Å². The van der Waals surface area contributed by atoms with Gasteiger partial charge in [-0.15, -0.1) is 0 Å². The van der Waals surface area contributed by atoms with E-state index in [1.54, 1.807) is 13.2 Å². The molecule has 4 aromatic rings. The highest BCUT2D eigenvalue weighted by Gasteiger charge is 2.17. The lowest BCUT2D eigenvalue weighted by molar-refractivity contribution is -0.121. The van der Waals surface area contributed by atoms with Crippen LogP contribution >= 0.6 is 0 Å². The molecule has 0 aliphatic rings. The van der Waals surface area contributed by atoms with Crippen LogP contribution in [0.15, 0.2) is 57.9 Å². The van der Waals surface area contributed by atoms with Crippen molar-refractivity contribution in [2.75, 3.05) is 7.11 Å². The Labute approximate surface area is 173 Å². The quantitative estimate of drug-likeness (QED) is 0.478. The molecular weight excluding hydrogens is 380 g/mol. The Morgan fingerprint density at radius 3 is 2.80 bits per heavy atom. The molecule has 0 radical (unpaired) electrons. The number of benzene rings is 2. The molecular formula is C24H24N2O4. The number of carbonyl (C=O) groups is 1. The average Bonchev–Trinajstić information content (AvgIpc) is 3.13. The summed E-state index contributed by atoms with van der Waals surface area (Å²) in [5.74, 6) is 0.409. The van der Waals surface area contributed by atoms with E-state index < -0.39 is 5.63 Å². The van der Waals surface area contributed by atoms with Gasteiger partial charge in [-0.1, -0.05) is 18.2 Å². The standard InChI is InChI=1S/C24H24N2O4/c1-14(10-16-13-25-21-7-5-4-6-19(16)21)26-23(27)12-20-15(2)18-9-8-17(29-3)11-22(18)30-24(20)28/h4-9,11,13-14,25H,10,12H2,1-3H3,(H,26,27)/t14-/m1/s1. The number of fused-ring (bicyclic) bond motifs is 2. The second-order valence-electron chi connectivity index (χ2n) is 7.56. The number of amides is 1. The van der Waals surface area contributed by atoms with Crippen LogP contribution in [0.2, 0.25) is 0 Å². The molecule has 4 rings (SSSR count). The molecule has 2 heterocycles. The number of ether oxygens (including phenoxy) is 1. The Bertz CT molecular complexity index is 1290. The monoisotopic (exact) mass is 404 g/mol. The van der Waals surface area contributed by atoms with Gasteiger partial charge < -0.3 is 19.5 Å². The van der Waals surface area contributed by atoms with Gasteiger partial charge in [0.25, 0.3) is 0 Å². The molecule has 0 unspecified atom stereocenters. The number of aryl methyl sites for hydroxylation is 1. The van der Waals surface area contributed by atoms with Crippen LogP contribution in [0.4, 0.5) is 0 Å². The van der Waals surface area contributed by atoms with Crippen molar-refractivity contribution in [2.24, 2.45) is 0 Å². The van der Waals surface area contributed by atoms with Gasteiger partial charge in [-0.3, -0.25) is 4.79 Å². The first-order valence-electron chi connectivity index (χ1n) is 9.91. The van der Waals surface area contributed by atoms with Gasteiger partial charge in [0.2, 0.25) is 5.91 Å². The normalized spacial score (nSPS) is 12.2. The summed E-state index contributed by atoms with van der Waals surface area (Å²) >= 11 is 0. The minimum absolute atomic E-state index is 0.0195. The first-order valence-corrected chi connectivity index (χ1v) is 9.91. The van der Waals surface area contributed by atoms with Crippen molar-refractivity contribution in [3.63, 3.8) is 0 Å². The van der Waals surface area contributed by atoms with Crippen molar-refractivity contribution < 1.29 is 13.9 Å². The minimum Gasteiger partial charge on any atom is -0.497 e. The zero-order valence-corrected chi connectivity index (χ0v) is 17.2. The summed E-state index contributed by atoms with van der Waals surface area (Å²) in [5, 5.41) is 4.95. The summed E-state index contributed by atoms with van der Waals surface area (Å²) in [7, 11) is 1.56. The van der Waals surface area contributed by atoms with Gasteiger partial charge in [0.15, 0.2) is 0 Å². The summed E-state index contributed by atoms with van der Waals surface area (Å²) in [6.07, 6.45) is 2.65. The van der Waals surface area contributed by atoms with Crippen LogP contribution in [-0.4, -0.2) is 24.0 Å². The maximum absolute atomic E-state index is 12.6. The van der Waals surface area contributed by atoms with Crippen molar-refractivity contribution >= 4 is 27.8 Å². The van der Waals surface area contributed by atoms with Crippen LogP contribution in [0.5, 0.6) is 5.75 Å². The van der Waals surface area contributed by atoms with E-state index in [2.05, 4.69) is 16.4 Å². The summed E-state index contributed by atoms with van der Waals surface area (Å²) < 4.78 is 10.6. The zero-order valence-electron chi connectivity index (χ0n) is 17.2. The second-order valence-corrected chi connectivity index (χ2v) is 7.56. The van der Waals surface area contributed by atoms with E-state index in [0.717, 1.165) is 27.4 Å². The van der Waals surface area contributed by atoms with Gasteiger partial charge in [-0.25, -0.2) is 4.79 Å². The first-order chi connectivity index (χ1) is 14.5. The van der Waals surface area contributed by atoms with E-state index >= 15 is 0 Å². The van der Waals surface area contributed by atoms with Crippen LogP contribution in [0.1, 0.15) is 23.6 Å². The van der Waals surface area contributed by atoms with Gasteiger partial charge >= 0.3 is 5.63 Å². The van der Waals surface area contributed by atoms with E-state index in [1.807, 2.05) is 50.4 Å². The van der Waals surface area contributed by atoms with E-state index in [9.17, 15) is 9.59 Å². The fraction of sp³-hybridized carbons (Fsp3) is 0.250. The number of hydrogen-bond acceptors (Lipinski definition) is 4. The molecule has 6 nitrogen and oxygen atoms in total. The van der Waals surface area contributed by atoms with Crippen molar-refractivity contribution in [3.8, 4) is 5.75 Å². The zero-order chi connectivity index (χ0) is 21.3. The van der Waals surface area contributed by atoms with Crippen LogP contribution in [0, 0.1) is 6.92 Å². The number of methoxy groups -OCH3 is 1. The number of hydrogen-bond donors (Lipinski definition) is 2. The minimum atomic E-state index is -0.493. The molecule has 30 heavy (non-hydrogen) atoms. The summed E-state index contributed by atoms with van der Waals surface area (Å²) in [4.78, 5) is 28.4. The van der Waals surface area contributed by atoms with E-state index in [4.69, 9.17) is 9.15 Å². The SMILES string of the molecule is COc1ccc2c(C)c(CC(=O)N[C@H](C)Cc3c[nH]c4ccccc34)c(=O)oc2c1. The maximum atomic E-state index is 12.6. The van der Waals surface area contributed by atoms with Gasteiger partial charge in [0, 0.05) is 34.6 Å². The number of para-hydroxylation sites is 1. The molecule has 0 bridgehead atoms. The van der Waals surface area contributed by atoms with Crippen LogP contribution in [0.3, 0.4) is 0 Å². The molecule has 2 aromatic carbocycles. The number of aromatic nitrogens is 1. The fourth-order valence-corrected chi connectivity index (χ4v) is 3.87. The van der Waals surface area contributed by atoms with Crippen molar-refractivity contribution in [1.82, 2.24) is 10.3 Å². The van der Waals surface area contributed by atoms with E-state index in [-0.39, 0.29) is 18.4 Å². The molecule has 1 amide bonds. The molecule has 154 valence electrons. The molecule has 0 spiro atoms. The van der Waals surface area contributed by atoms with Gasteiger partial charge in [0.05, 0.1) is 19.1 Å². The van der Waals surface area contributed by atoms with Crippen molar-refractivity contribution in [3.05, 3.63) is 75.8 Å². The number of aromatic amines is 1. The smallest absolute Gasteiger partial charge is 0.340 e. The van der Waals surface area contributed by atoms with E-state index in [1.165, 1.54) is 0 Å². The second kappa shape index (κ2) is 8.06. The highest BCUT2D eigenvalue weighted by atomic mass is 16.5. The van der Waals surface area contributed by atoms with Crippen LogP contribution in [0.25, 0.3) is 21.9 Å². The summed E-state index contributed by atoms with van der Waals surface area (Å²) in [6, 6.07) is 13.3. The van der Waals surface area contributed by atoms with Crippen molar-refractivity contribution in [2.45, 2.75) is 32.7 Å². The lowest BCUT2D eigenvalue weighted by Gasteiger charge is -2.14.